The normalized spacial score (nSPS) is 11.8. The van der Waals surface area contributed by atoms with E-state index in [2.05, 4.69) is 21.6 Å². The number of unbranched alkanes of at least 4 members (excludes halogenated alkanes) is 1. The molecule has 0 aliphatic heterocycles. The van der Waals surface area contributed by atoms with Crippen molar-refractivity contribution in [3.05, 3.63) is 39.9 Å². The Balaban J connectivity index is 2.63. The van der Waals surface area contributed by atoms with E-state index in [0.717, 1.165) is 30.4 Å². The first-order valence-corrected chi connectivity index (χ1v) is 10.9. The number of rotatable bonds is 8. The molecule has 2 aromatic heterocycles. The highest BCUT2D eigenvalue weighted by Gasteiger charge is 2.16. The average molecular weight is 393 g/mol. The maximum atomic E-state index is 12.4. The van der Waals surface area contributed by atoms with Crippen LogP contribution in [-0.2, 0) is 23.5 Å². The Morgan fingerprint density at radius 3 is 2.56 bits per heavy atom. The van der Waals surface area contributed by atoms with Gasteiger partial charge in [0.2, 0.25) is 16.0 Å². The zero-order valence-electron chi connectivity index (χ0n) is 16.6. The van der Waals surface area contributed by atoms with E-state index in [1.54, 1.807) is 30.9 Å². The van der Waals surface area contributed by atoms with E-state index in [9.17, 15) is 13.2 Å². The average Bonchev–Trinajstić information content (AvgIpc) is 2.62. The van der Waals surface area contributed by atoms with Gasteiger partial charge in [-0.3, -0.25) is 9.52 Å². The van der Waals surface area contributed by atoms with Gasteiger partial charge in [0.25, 0.3) is 5.56 Å². The van der Waals surface area contributed by atoms with Gasteiger partial charge in [0.15, 0.2) is 0 Å². The summed E-state index contributed by atoms with van der Waals surface area (Å²) in [5.74, 6) is 0.0651. The van der Waals surface area contributed by atoms with Crippen LogP contribution in [0.25, 0.3) is 11.3 Å². The molecule has 0 aliphatic carbocycles. The molecule has 0 spiro atoms. The first-order valence-electron chi connectivity index (χ1n) is 9.25. The number of hydrogen-bond acceptors (Lipinski definition) is 5. The van der Waals surface area contributed by atoms with Crippen LogP contribution in [0.3, 0.4) is 0 Å². The molecule has 148 valence electrons. The van der Waals surface area contributed by atoms with Crippen LogP contribution in [0.1, 0.15) is 57.6 Å². The quantitative estimate of drug-likeness (QED) is 0.745. The standard InChI is InChI=1S/C19H28N4O3S/c1-6-8-9-14-11-20-19(22-27(25,26)7-2)21-17(14)15-10-16(13(3)4)18(24)23(5)12-15/h10-13H,6-9H2,1-5H3,(H,20,21,22). The van der Waals surface area contributed by atoms with Crippen molar-refractivity contribution in [2.75, 3.05) is 10.5 Å². The molecular weight excluding hydrogens is 364 g/mol. The molecule has 8 heteroatoms. The van der Waals surface area contributed by atoms with Crippen LogP contribution in [0, 0.1) is 0 Å². The minimum Gasteiger partial charge on any atom is -0.318 e. The molecule has 0 amide bonds. The summed E-state index contributed by atoms with van der Waals surface area (Å²) in [6.45, 7) is 7.60. The summed E-state index contributed by atoms with van der Waals surface area (Å²) in [6.07, 6.45) is 6.19. The lowest BCUT2D eigenvalue weighted by Crippen LogP contribution is -2.22. The third kappa shape index (κ3) is 5.15. The van der Waals surface area contributed by atoms with Crippen LogP contribution < -0.4 is 10.3 Å². The lowest BCUT2D eigenvalue weighted by molar-refractivity contribution is 0.602. The van der Waals surface area contributed by atoms with Gasteiger partial charge in [0.05, 0.1) is 11.4 Å². The number of anilines is 1. The second-order valence-corrected chi connectivity index (χ2v) is 8.94. The molecule has 0 unspecified atom stereocenters. The fourth-order valence-corrected chi connectivity index (χ4v) is 3.27. The number of aromatic nitrogens is 3. The Kier molecular flexibility index (Phi) is 6.75. The number of pyridine rings is 1. The van der Waals surface area contributed by atoms with Crippen LogP contribution in [0.5, 0.6) is 0 Å². The van der Waals surface area contributed by atoms with Gasteiger partial charge in [-0.05, 0) is 37.3 Å². The van der Waals surface area contributed by atoms with Crippen LogP contribution in [0.2, 0.25) is 0 Å². The van der Waals surface area contributed by atoms with Gasteiger partial charge in [-0.1, -0.05) is 27.2 Å². The lowest BCUT2D eigenvalue weighted by Gasteiger charge is -2.14. The van der Waals surface area contributed by atoms with E-state index < -0.39 is 10.0 Å². The molecule has 7 nitrogen and oxygen atoms in total. The van der Waals surface area contributed by atoms with Crippen molar-refractivity contribution in [2.45, 2.75) is 52.9 Å². The summed E-state index contributed by atoms with van der Waals surface area (Å²) in [7, 11) is -1.75. The maximum absolute atomic E-state index is 12.4. The lowest BCUT2D eigenvalue weighted by atomic mass is 9.99. The Morgan fingerprint density at radius 1 is 1.26 bits per heavy atom. The maximum Gasteiger partial charge on any atom is 0.253 e. The van der Waals surface area contributed by atoms with Crippen molar-refractivity contribution in [1.82, 2.24) is 14.5 Å². The zero-order chi connectivity index (χ0) is 20.2. The number of sulfonamides is 1. The molecule has 27 heavy (non-hydrogen) atoms. The first-order chi connectivity index (χ1) is 12.7. The van der Waals surface area contributed by atoms with Crippen molar-refractivity contribution in [3.63, 3.8) is 0 Å². The van der Waals surface area contributed by atoms with Crippen LogP contribution in [0.4, 0.5) is 5.95 Å². The number of aryl methyl sites for hydroxylation is 2. The molecule has 2 heterocycles. The smallest absolute Gasteiger partial charge is 0.253 e. The molecule has 2 aromatic rings. The summed E-state index contributed by atoms with van der Waals surface area (Å²) in [6, 6.07) is 1.85. The predicted molar refractivity (Wildman–Crippen MR) is 108 cm³/mol. The minimum absolute atomic E-state index is 0.0372. The summed E-state index contributed by atoms with van der Waals surface area (Å²) in [4.78, 5) is 21.0. The van der Waals surface area contributed by atoms with Crippen molar-refractivity contribution in [1.29, 1.82) is 0 Å². The van der Waals surface area contributed by atoms with Gasteiger partial charge in [-0.2, -0.15) is 0 Å². The Labute approximate surface area is 160 Å². The van der Waals surface area contributed by atoms with Crippen molar-refractivity contribution < 1.29 is 8.42 Å². The van der Waals surface area contributed by atoms with Gasteiger partial charge in [0, 0.05) is 30.6 Å². The van der Waals surface area contributed by atoms with E-state index in [-0.39, 0.29) is 23.2 Å². The second kappa shape index (κ2) is 8.65. The van der Waals surface area contributed by atoms with E-state index >= 15 is 0 Å². The number of nitrogens with zero attached hydrogens (tertiary/aromatic N) is 3. The molecule has 0 aromatic carbocycles. The predicted octanol–water partition coefficient (Wildman–Crippen LogP) is 3.07. The highest BCUT2D eigenvalue weighted by molar-refractivity contribution is 7.92. The molecule has 0 fully saturated rings. The van der Waals surface area contributed by atoms with E-state index in [1.165, 1.54) is 0 Å². The molecule has 0 saturated carbocycles. The monoisotopic (exact) mass is 392 g/mol. The molecule has 0 bridgehead atoms. The molecule has 0 radical (unpaired) electrons. The number of hydrogen-bond donors (Lipinski definition) is 1. The van der Waals surface area contributed by atoms with Crippen LogP contribution in [0.15, 0.2) is 23.3 Å². The van der Waals surface area contributed by atoms with Gasteiger partial charge < -0.3 is 4.57 Å². The largest absolute Gasteiger partial charge is 0.318 e. The third-order valence-corrected chi connectivity index (χ3v) is 5.65. The fourth-order valence-electron chi connectivity index (χ4n) is 2.75. The van der Waals surface area contributed by atoms with E-state index in [1.807, 2.05) is 19.9 Å². The second-order valence-electron chi connectivity index (χ2n) is 6.93. The molecule has 2 rings (SSSR count). The fraction of sp³-hybridized carbons (Fsp3) is 0.526. The highest BCUT2D eigenvalue weighted by atomic mass is 32.2. The van der Waals surface area contributed by atoms with Gasteiger partial charge >= 0.3 is 0 Å². The van der Waals surface area contributed by atoms with Crippen LogP contribution in [-0.4, -0.2) is 28.7 Å². The summed E-state index contributed by atoms with van der Waals surface area (Å²) in [5, 5.41) is 0. The Hall–Kier alpha value is -2.22. The first kappa shape index (κ1) is 21.1. The van der Waals surface area contributed by atoms with Crippen molar-refractivity contribution in [3.8, 4) is 11.3 Å². The molecule has 0 saturated heterocycles. The van der Waals surface area contributed by atoms with E-state index in [0.29, 0.717) is 11.3 Å². The summed E-state index contributed by atoms with van der Waals surface area (Å²) < 4.78 is 27.7. The SMILES string of the molecule is CCCCc1cnc(NS(=O)(=O)CC)nc1-c1cc(C(C)C)c(=O)n(C)c1. The minimum atomic E-state index is -3.47. The Bertz CT molecular complexity index is 965. The molecule has 0 aliphatic rings. The van der Waals surface area contributed by atoms with Gasteiger partial charge in [-0.15, -0.1) is 0 Å². The molecule has 0 atom stereocenters. The Morgan fingerprint density at radius 2 is 1.96 bits per heavy atom. The van der Waals surface area contributed by atoms with Crippen molar-refractivity contribution in [2.24, 2.45) is 7.05 Å². The summed E-state index contributed by atoms with van der Waals surface area (Å²) in [5.41, 5.74) is 3.04. The zero-order valence-corrected chi connectivity index (χ0v) is 17.4. The van der Waals surface area contributed by atoms with E-state index in [4.69, 9.17) is 0 Å². The van der Waals surface area contributed by atoms with Crippen LogP contribution >= 0.6 is 0 Å². The third-order valence-electron chi connectivity index (χ3n) is 4.40. The number of nitrogens with one attached hydrogen (secondary N) is 1. The molecule has 1 N–H and O–H groups in total. The highest BCUT2D eigenvalue weighted by Crippen LogP contribution is 2.25. The van der Waals surface area contributed by atoms with Gasteiger partial charge in [0.1, 0.15) is 0 Å². The topological polar surface area (TPSA) is 94.0 Å². The van der Waals surface area contributed by atoms with Gasteiger partial charge in [-0.25, -0.2) is 18.4 Å². The molecular formula is C19H28N4O3S. The summed E-state index contributed by atoms with van der Waals surface area (Å²) >= 11 is 0. The van der Waals surface area contributed by atoms with Crippen molar-refractivity contribution >= 4 is 16.0 Å².